The predicted molar refractivity (Wildman–Crippen MR) is 91.2 cm³/mol. The highest BCUT2D eigenvalue weighted by Gasteiger charge is 2.26. The van der Waals surface area contributed by atoms with Crippen molar-refractivity contribution < 1.29 is 29.4 Å². The van der Waals surface area contributed by atoms with Crippen LogP contribution in [0.2, 0.25) is 0 Å². The molecule has 0 rings (SSSR count). The summed E-state index contributed by atoms with van der Waals surface area (Å²) in [5.41, 5.74) is 0. The van der Waals surface area contributed by atoms with Crippen molar-refractivity contribution in [1.82, 2.24) is 0 Å². The summed E-state index contributed by atoms with van der Waals surface area (Å²) in [7, 11) is 0. The maximum Gasteiger partial charge on any atom is 0.303 e. The van der Waals surface area contributed by atoms with E-state index in [-0.39, 0.29) is 19.4 Å². The summed E-state index contributed by atoms with van der Waals surface area (Å²) in [6.07, 6.45) is 9.57. The molecule has 0 fully saturated rings. The van der Waals surface area contributed by atoms with Crippen molar-refractivity contribution in [1.29, 1.82) is 0 Å². The number of hydrogen-bond acceptors (Lipinski definition) is 4. The number of nitrogens with zero attached hydrogens (tertiary/aromatic N) is 1. The molecule has 0 aromatic rings. The SMILES string of the molecule is C/C=C/CCCCC[N+](CCO)(CCCC(=O)[O-])CCCC(=O)O. The van der Waals surface area contributed by atoms with Crippen molar-refractivity contribution in [3.8, 4) is 0 Å². The Hall–Kier alpha value is -1.40. The maximum atomic E-state index is 10.8. The Morgan fingerprint density at radius 1 is 0.958 bits per heavy atom. The van der Waals surface area contributed by atoms with Gasteiger partial charge in [-0.25, -0.2) is 0 Å². The van der Waals surface area contributed by atoms with Gasteiger partial charge in [0.25, 0.3) is 0 Å². The Morgan fingerprint density at radius 3 is 2.12 bits per heavy atom. The van der Waals surface area contributed by atoms with Crippen molar-refractivity contribution in [3.63, 3.8) is 0 Å². The molecule has 0 aromatic heterocycles. The van der Waals surface area contributed by atoms with Gasteiger partial charge in [-0.15, -0.1) is 0 Å². The third kappa shape index (κ3) is 12.1. The van der Waals surface area contributed by atoms with E-state index in [0.29, 0.717) is 37.0 Å². The summed E-state index contributed by atoms with van der Waals surface area (Å²) < 4.78 is 0.598. The Morgan fingerprint density at radius 2 is 1.58 bits per heavy atom. The van der Waals surface area contributed by atoms with E-state index in [0.717, 1.165) is 32.2 Å². The fraction of sp³-hybridized carbons (Fsp3) is 0.778. The van der Waals surface area contributed by atoms with Crippen LogP contribution in [-0.2, 0) is 9.59 Å². The van der Waals surface area contributed by atoms with Gasteiger partial charge in [0.15, 0.2) is 0 Å². The van der Waals surface area contributed by atoms with Crippen molar-refractivity contribution in [2.75, 3.05) is 32.8 Å². The predicted octanol–water partition coefficient (Wildman–Crippen LogP) is 1.33. The van der Waals surface area contributed by atoms with Crippen LogP contribution >= 0.6 is 0 Å². The van der Waals surface area contributed by atoms with Crippen LogP contribution in [0, 0.1) is 0 Å². The van der Waals surface area contributed by atoms with Crippen LogP contribution in [-0.4, -0.2) is 59.4 Å². The molecule has 0 saturated heterocycles. The Labute approximate surface area is 145 Å². The van der Waals surface area contributed by atoms with Gasteiger partial charge in [0.05, 0.1) is 32.7 Å². The highest BCUT2D eigenvalue weighted by molar-refractivity contribution is 5.66. The highest BCUT2D eigenvalue weighted by atomic mass is 16.4. The number of unbranched alkanes of at least 4 members (excludes halogenated alkanes) is 3. The number of carbonyl (C=O) groups is 2. The van der Waals surface area contributed by atoms with Gasteiger partial charge in [0, 0.05) is 18.8 Å². The van der Waals surface area contributed by atoms with E-state index in [9.17, 15) is 19.8 Å². The zero-order valence-electron chi connectivity index (χ0n) is 14.9. The molecule has 6 heteroatoms. The summed E-state index contributed by atoms with van der Waals surface area (Å²) in [5.74, 6) is -1.88. The Bertz CT molecular complexity index is 362. The molecule has 0 spiro atoms. The van der Waals surface area contributed by atoms with Crippen LogP contribution in [0.1, 0.15) is 58.3 Å². The molecular formula is C18H33NO5. The molecule has 1 unspecified atom stereocenters. The molecule has 0 saturated carbocycles. The summed E-state index contributed by atoms with van der Waals surface area (Å²) in [5, 5.41) is 28.9. The van der Waals surface area contributed by atoms with E-state index in [4.69, 9.17) is 5.11 Å². The van der Waals surface area contributed by atoms with E-state index < -0.39 is 11.9 Å². The zero-order valence-corrected chi connectivity index (χ0v) is 14.9. The maximum absolute atomic E-state index is 10.8. The summed E-state index contributed by atoms with van der Waals surface area (Å²) >= 11 is 0. The van der Waals surface area contributed by atoms with Crippen molar-refractivity contribution >= 4 is 11.9 Å². The van der Waals surface area contributed by atoms with E-state index >= 15 is 0 Å². The second-order valence-corrected chi connectivity index (χ2v) is 6.35. The van der Waals surface area contributed by atoms with Gasteiger partial charge in [-0.05, 0) is 39.0 Å². The number of carboxylic acids is 2. The third-order valence-electron chi connectivity index (χ3n) is 4.35. The fourth-order valence-electron chi connectivity index (χ4n) is 3.06. The van der Waals surface area contributed by atoms with Crippen molar-refractivity contribution in [2.45, 2.75) is 58.3 Å². The number of quaternary nitrogens is 1. The van der Waals surface area contributed by atoms with E-state index in [2.05, 4.69) is 6.08 Å². The summed E-state index contributed by atoms with van der Waals surface area (Å²) in [6, 6.07) is 0. The second-order valence-electron chi connectivity index (χ2n) is 6.35. The molecule has 0 aliphatic rings. The molecule has 0 heterocycles. The molecule has 0 amide bonds. The largest absolute Gasteiger partial charge is 0.550 e. The van der Waals surface area contributed by atoms with Gasteiger partial charge in [0.2, 0.25) is 0 Å². The molecule has 0 aliphatic heterocycles. The van der Waals surface area contributed by atoms with Crippen LogP contribution in [0.5, 0.6) is 0 Å². The lowest BCUT2D eigenvalue weighted by Gasteiger charge is -2.39. The van der Waals surface area contributed by atoms with Crippen LogP contribution in [0.3, 0.4) is 0 Å². The van der Waals surface area contributed by atoms with Crippen molar-refractivity contribution in [2.24, 2.45) is 0 Å². The first kappa shape index (κ1) is 22.6. The number of carbonyl (C=O) groups excluding carboxylic acids is 1. The van der Waals surface area contributed by atoms with Gasteiger partial charge in [0.1, 0.15) is 6.54 Å². The summed E-state index contributed by atoms with van der Waals surface area (Å²) in [6.45, 7) is 4.72. The Kier molecular flexibility index (Phi) is 13.2. The number of carboxylic acid groups (broad SMARTS) is 2. The molecule has 0 aliphatic carbocycles. The summed E-state index contributed by atoms with van der Waals surface area (Å²) in [4.78, 5) is 21.4. The topological polar surface area (TPSA) is 97.7 Å². The Balaban J connectivity index is 4.57. The fourth-order valence-corrected chi connectivity index (χ4v) is 3.06. The number of aliphatic carboxylic acids is 2. The van der Waals surface area contributed by atoms with Crippen molar-refractivity contribution in [3.05, 3.63) is 12.2 Å². The van der Waals surface area contributed by atoms with E-state index in [1.165, 1.54) is 0 Å². The third-order valence-corrected chi connectivity index (χ3v) is 4.35. The first-order valence-corrected chi connectivity index (χ1v) is 8.94. The molecule has 140 valence electrons. The number of aliphatic hydroxyl groups is 1. The molecule has 0 bridgehead atoms. The minimum absolute atomic E-state index is 0.00561. The molecule has 6 nitrogen and oxygen atoms in total. The smallest absolute Gasteiger partial charge is 0.303 e. The molecule has 0 radical (unpaired) electrons. The van der Waals surface area contributed by atoms with Crippen LogP contribution in [0.25, 0.3) is 0 Å². The van der Waals surface area contributed by atoms with Gasteiger partial charge in [-0.1, -0.05) is 12.2 Å². The van der Waals surface area contributed by atoms with Crippen LogP contribution in [0.4, 0.5) is 0 Å². The molecular weight excluding hydrogens is 310 g/mol. The first-order chi connectivity index (χ1) is 11.5. The quantitative estimate of drug-likeness (QED) is 0.250. The van der Waals surface area contributed by atoms with Crippen LogP contribution in [0.15, 0.2) is 12.2 Å². The monoisotopic (exact) mass is 343 g/mol. The lowest BCUT2D eigenvalue weighted by Crippen LogP contribution is -2.52. The second kappa shape index (κ2) is 14.0. The minimum atomic E-state index is -1.06. The lowest BCUT2D eigenvalue weighted by atomic mass is 10.1. The molecule has 2 N–H and O–H groups in total. The van der Waals surface area contributed by atoms with Crippen LogP contribution < -0.4 is 5.11 Å². The molecule has 1 atom stereocenters. The minimum Gasteiger partial charge on any atom is -0.550 e. The lowest BCUT2D eigenvalue weighted by molar-refractivity contribution is -0.929. The highest BCUT2D eigenvalue weighted by Crippen LogP contribution is 2.15. The zero-order chi connectivity index (χ0) is 18.3. The average molecular weight is 343 g/mol. The number of rotatable bonds is 16. The molecule has 0 aromatic carbocycles. The van der Waals surface area contributed by atoms with Gasteiger partial charge in [-0.3, -0.25) is 4.79 Å². The van der Waals surface area contributed by atoms with E-state index in [1.54, 1.807) is 0 Å². The standard InChI is InChI=1S/C18H33NO5/c1-2-3-4-5-6-7-12-19(15-16-20,13-8-10-17(21)22)14-9-11-18(23)24/h2-3,20H,4-16H2,1H3,(H-,21,22,23,24)/b3-2+. The average Bonchev–Trinajstić information content (AvgIpc) is 2.50. The van der Waals surface area contributed by atoms with Gasteiger partial charge >= 0.3 is 5.97 Å². The number of aliphatic hydroxyl groups excluding tert-OH is 1. The van der Waals surface area contributed by atoms with Gasteiger partial charge < -0.3 is 24.6 Å². The normalized spacial score (nSPS) is 13.9. The molecule has 24 heavy (non-hydrogen) atoms. The van der Waals surface area contributed by atoms with Gasteiger partial charge in [-0.2, -0.15) is 0 Å². The van der Waals surface area contributed by atoms with E-state index in [1.807, 2.05) is 13.0 Å². The number of allylic oxidation sites excluding steroid dienone is 2. The number of hydrogen-bond donors (Lipinski definition) is 2. The first-order valence-electron chi connectivity index (χ1n) is 8.94.